The average Bonchev–Trinajstić information content (AvgIpc) is 3.81. The topological polar surface area (TPSA) is 160 Å². The molecule has 3 fully saturated rings. The molecule has 0 spiro atoms. The van der Waals surface area contributed by atoms with Crippen LogP contribution in [0.5, 0.6) is 5.75 Å². The number of halogens is 3. The highest BCUT2D eigenvalue weighted by Gasteiger charge is 2.66. The number of aromatic hydroxyl groups is 1. The molecule has 3 aromatic heterocycles. The van der Waals surface area contributed by atoms with Crippen LogP contribution >= 0.6 is 0 Å². The number of hydrogen-bond acceptors (Lipinski definition) is 10. The molecule has 1 saturated heterocycles. The van der Waals surface area contributed by atoms with Gasteiger partial charge in [-0.1, -0.05) is 13.0 Å². The van der Waals surface area contributed by atoms with Crippen LogP contribution in [0.15, 0.2) is 17.2 Å². The van der Waals surface area contributed by atoms with E-state index in [1.54, 1.807) is 16.4 Å². The molecule has 14 nitrogen and oxygen atoms in total. The van der Waals surface area contributed by atoms with Gasteiger partial charge in [-0.2, -0.15) is 22.7 Å². The third kappa shape index (κ3) is 5.60. The van der Waals surface area contributed by atoms with E-state index >= 15 is 0 Å². The van der Waals surface area contributed by atoms with E-state index < -0.39 is 34.5 Å². The maximum absolute atomic E-state index is 14.2. The van der Waals surface area contributed by atoms with Gasteiger partial charge in [0.05, 0.1) is 30.0 Å². The molecule has 7 rings (SSSR count). The minimum Gasteiger partial charge on any atom is -0.504 e. The van der Waals surface area contributed by atoms with Crippen molar-refractivity contribution in [1.29, 1.82) is 0 Å². The van der Waals surface area contributed by atoms with Crippen molar-refractivity contribution >= 4 is 28.9 Å². The number of rotatable bonds is 7. The molecule has 2 bridgehead atoms. The first-order valence-electron chi connectivity index (χ1n) is 16.6. The number of carbonyl (C=O) groups is 2. The number of nitrogens with zero attached hydrogens (tertiary/aromatic N) is 8. The van der Waals surface area contributed by atoms with Crippen LogP contribution in [0, 0.1) is 12.3 Å². The summed E-state index contributed by atoms with van der Waals surface area (Å²) in [4.78, 5) is 57.1. The van der Waals surface area contributed by atoms with Crippen molar-refractivity contribution in [3.8, 4) is 5.75 Å². The number of fused-ring (bicyclic) bond motifs is 3. The predicted octanol–water partition coefficient (Wildman–Crippen LogP) is 2.40. The Balaban J connectivity index is 1.21. The zero-order valence-corrected chi connectivity index (χ0v) is 27.3. The van der Waals surface area contributed by atoms with Crippen LogP contribution in [-0.2, 0) is 22.5 Å². The van der Waals surface area contributed by atoms with Crippen molar-refractivity contribution in [2.45, 2.75) is 77.1 Å². The Labute approximate surface area is 279 Å². The fourth-order valence-corrected chi connectivity index (χ4v) is 7.94. The Bertz CT molecular complexity index is 1900. The lowest BCUT2D eigenvalue weighted by molar-refractivity contribution is -0.220. The number of aryl methyl sites for hydroxylation is 1. The zero-order valence-electron chi connectivity index (χ0n) is 27.3. The zero-order chi connectivity index (χ0) is 34.7. The van der Waals surface area contributed by atoms with E-state index in [-0.39, 0.29) is 87.7 Å². The van der Waals surface area contributed by atoms with E-state index in [0.717, 1.165) is 5.57 Å². The van der Waals surface area contributed by atoms with Gasteiger partial charge < -0.3 is 29.5 Å². The Hall–Kier alpha value is -4.54. The van der Waals surface area contributed by atoms with Crippen LogP contribution in [0.3, 0.4) is 0 Å². The average molecular weight is 686 g/mol. The van der Waals surface area contributed by atoms with Crippen LogP contribution in [0.2, 0.25) is 0 Å². The van der Waals surface area contributed by atoms with Gasteiger partial charge in [-0.3, -0.25) is 14.4 Å². The van der Waals surface area contributed by atoms with Crippen molar-refractivity contribution in [1.82, 2.24) is 39.3 Å². The molecule has 2 aliphatic heterocycles. The fourth-order valence-electron chi connectivity index (χ4n) is 7.94. The Kier molecular flexibility index (Phi) is 8.15. The Morgan fingerprint density at radius 3 is 2.47 bits per heavy atom. The molecule has 2 N–H and O–H groups in total. The first kappa shape index (κ1) is 33.0. The molecule has 5 heterocycles. The van der Waals surface area contributed by atoms with E-state index in [1.165, 1.54) is 10.8 Å². The molecule has 17 heteroatoms. The second kappa shape index (κ2) is 12.1. The van der Waals surface area contributed by atoms with E-state index in [0.29, 0.717) is 43.3 Å². The number of anilines is 1. The molecule has 2 aliphatic carbocycles. The van der Waals surface area contributed by atoms with Crippen LogP contribution in [0.4, 0.5) is 18.9 Å². The van der Waals surface area contributed by atoms with Crippen LogP contribution in [-0.4, -0.2) is 102 Å². The number of hydrogen-bond donors (Lipinski definition) is 2. The van der Waals surface area contributed by atoms with Gasteiger partial charge in [0, 0.05) is 31.7 Å². The molecule has 262 valence electrons. The van der Waals surface area contributed by atoms with Crippen molar-refractivity contribution < 1.29 is 32.6 Å². The van der Waals surface area contributed by atoms with Crippen molar-refractivity contribution in [2.75, 3.05) is 44.3 Å². The third-order valence-electron chi connectivity index (χ3n) is 10.7. The lowest BCUT2D eigenvalue weighted by Crippen LogP contribution is -2.51. The standard InChI is InChI=1S/C32H38F3N9O5/c1-3-21-24(41-10-12-42(13-11-41)27(47)23-25(46)19(2)36-18-37-23)28(48)44-29(38-26(40-44)20-4-14-49-15-5-20)43(21)16-22(45)39-31-8-6-30(17-31,7-9-31)32(33,34)35/h4,18,46H,3,5-17H2,1-2H3,(H,39,45). The molecule has 3 aromatic rings. The van der Waals surface area contributed by atoms with E-state index in [2.05, 4.69) is 20.4 Å². The van der Waals surface area contributed by atoms with Crippen molar-refractivity contribution in [2.24, 2.45) is 5.41 Å². The molecule has 0 aromatic carbocycles. The third-order valence-corrected chi connectivity index (χ3v) is 10.7. The molecule has 49 heavy (non-hydrogen) atoms. The van der Waals surface area contributed by atoms with Gasteiger partial charge in [-0.25, -0.2) is 9.97 Å². The summed E-state index contributed by atoms with van der Waals surface area (Å²) in [6.07, 6.45) is -0.0417. The summed E-state index contributed by atoms with van der Waals surface area (Å²) in [5, 5.41) is 17.9. The number of nitrogens with one attached hydrogen (secondary N) is 1. The summed E-state index contributed by atoms with van der Waals surface area (Å²) in [7, 11) is 0. The smallest absolute Gasteiger partial charge is 0.394 e. The van der Waals surface area contributed by atoms with E-state index in [9.17, 15) is 32.7 Å². The highest BCUT2D eigenvalue weighted by molar-refractivity contribution is 5.95. The molecular weight excluding hydrogens is 647 g/mol. The molecular formula is C32H38F3N9O5. The molecule has 2 amide bonds. The lowest BCUT2D eigenvalue weighted by atomic mass is 9.83. The van der Waals surface area contributed by atoms with Gasteiger partial charge in [-0.15, -0.1) is 5.10 Å². The molecule has 0 radical (unpaired) electrons. The van der Waals surface area contributed by atoms with Crippen LogP contribution in [0.1, 0.15) is 73.1 Å². The summed E-state index contributed by atoms with van der Waals surface area (Å²) in [6.45, 7) is 4.98. The SMILES string of the molecule is CCc1c(N2CCN(C(=O)c3ncnc(C)c3O)CC2)c(=O)n2nc(C3=CCOCC3)nc2n1CC(=O)NC12CCC(C(F)(F)F)(CC1)C2. The summed E-state index contributed by atoms with van der Waals surface area (Å²) >= 11 is 0. The van der Waals surface area contributed by atoms with Gasteiger partial charge >= 0.3 is 6.18 Å². The van der Waals surface area contributed by atoms with Gasteiger partial charge in [0.1, 0.15) is 18.6 Å². The normalized spacial score (nSPS) is 24.1. The van der Waals surface area contributed by atoms with Gasteiger partial charge in [0.15, 0.2) is 17.3 Å². The summed E-state index contributed by atoms with van der Waals surface area (Å²) in [5.41, 5.74) is -1.30. The van der Waals surface area contributed by atoms with Crippen molar-refractivity contribution in [3.63, 3.8) is 0 Å². The van der Waals surface area contributed by atoms with E-state index in [1.807, 2.05) is 17.9 Å². The Morgan fingerprint density at radius 1 is 1.10 bits per heavy atom. The lowest BCUT2D eigenvalue weighted by Gasteiger charge is -2.36. The summed E-state index contributed by atoms with van der Waals surface area (Å²) in [5.74, 6) is -0.705. The molecule has 4 aliphatic rings. The maximum atomic E-state index is 14.2. The quantitative estimate of drug-likeness (QED) is 0.378. The fraction of sp³-hybridized carbons (Fsp3) is 0.594. The first-order valence-corrected chi connectivity index (χ1v) is 16.6. The van der Waals surface area contributed by atoms with Crippen molar-refractivity contribution in [3.05, 3.63) is 45.7 Å². The summed E-state index contributed by atoms with van der Waals surface area (Å²) in [6, 6.07) is 0. The number of ether oxygens (including phenoxy) is 1. The van der Waals surface area contributed by atoms with Gasteiger partial charge in [0.2, 0.25) is 11.7 Å². The number of carbonyl (C=O) groups excluding carboxylic acids is 2. The van der Waals surface area contributed by atoms with E-state index in [4.69, 9.17) is 9.72 Å². The molecule has 2 saturated carbocycles. The number of alkyl halides is 3. The van der Waals surface area contributed by atoms with Gasteiger partial charge in [0.25, 0.3) is 11.5 Å². The monoisotopic (exact) mass is 685 g/mol. The number of aromatic nitrogens is 6. The first-order chi connectivity index (χ1) is 23.4. The molecule has 0 atom stereocenters. The summed E-state index contributed by atoms with van der Waals surface area (Å²) < 4.78 is 50.1. The Morgan fingerprint density at radius 2 is 1.84 bits per heavy atom. The van der Waals surface area contributed by atoms with Crippen LogP contribution < -0.4 is 15.8 Å². The van der Waals surface area contributed by atoms with Gasteiger partial charge in [-0.05, 0) is 57.4 Å². The van der Waals surface area contributed by atoms with Crippen LogP contribution in [0.25, 0.3) is 11.4 Å². The molecule has 0 unspecified atom stereocenters. The largest absolute Gasteiger partial charge is 0.504 e. The number of piperazine rings is 1. The highest BCUT2D eigenvalue weighted by Crippen LogP contribution is 2.63. The minimum absolute atomic E-state index is 0.0132. The highest BCUT2D eigenvalue weighted by atomic mass is 19.4. The number of amides is 2. The second-order valence-corrected chi connectivity index (χ2v) is 13.5. The second-order valence-electron chi connectivity index (χ2n) is 13.5. The maximum Gasteiger partial charge on any atom is 0.394 e. The minimum atomic E-state index is -4.33. The predicted molar refractivity (Wildman–Crippen MR) is 169 cm³/mol.